The summed E-state index contributed by atoms with van der Waals surface area (Å²) in [5.41, 5.74) is 3.03. The second-order valence-corrected chi connectivity index (χ2v) is 5.98. The van der Waals surface area contributed by atoms with E-state index >= 15 is 0 Å². The minimum atomic E-state index is -0.407. The standard InChI is InChI=1S/C19H20N4O3/c1-11-16(12(2)21-19(26)17(11)10-20)8-9-18(25)23-15-6-4-14(5-7-15)22-13(3)24/h4-7H,8-9H2,1-3H3,(H,21,26)(H,22,24)(H,23,25). The number of carbonyl (C=O) groups is 2. The molecular formula is C19H20N4O3. The van der Waals surface area contributed by atoms with Gasteiger partial charge < -0.3 is 15.6 Å². The molecule has 0 radical (unpaired) electrons. The van der Waals surface area contributed by atoms with Crippen LogP contribution in [0.25, 0.3) is 0 Å². The first-order valence-corrected chi connectivity index (χ1v) is 8.11. The minimum Gasteiger partial charge on any atom is -0.326 e. The number of nitrogens with zero attached hydrogens (tertiary/aromatic N) is 1. The van der Waals surface area contributed by atoms with Gasteiger partial charge in [0.25, 0.3) is 5.56 Å². The predicted octanol–water partition coefficient (Wildman–Crippen LogP) is 2.39. The molecule has 0 unspecified atom stereocenters. The smallest absolute Gasteiger partial charge is 0.266 e. The Morgan fingerprint density at radius 1 is 1.12 bits per heavy atom. The molecule has 1 aromatic carbocycles. The van der Waals surface area contributed by atoms with Crippen LogP contribution in [-0.2, 0) is 16.0 Å². The van der Waals surface area contributed by atoms with E-state index in [0.29, 0.717) is 29.1 Å². The Balaban J connectivity index is 2.02. The van der Waals surface area contributed by atoms with E-state index in [9.17, 15) is 14.4 Å². The molecular weight excluding hydrogens is 332 g/mol. The fraction of sp³-hybridized carbons (Fsp3) is 0.263. The first kappa shape index (κ1) is 18.9. The quantitative estimate of drug-likeness (QED) is 0.766. The Hall–Kier alpha value is -3.40. The second-order valence-electron chi connectivity index (χ2n) is 5.98. The van der Waals surface area contributed by atoms with Gasteiger partial charge in [-0.2, -0.15) is 5.26 Å². The molecule has 3 N–H and O–H groups in total. The molecule has 0 aliphatic rings. The molecule has 2 rings (SSSR count). The number of rotatable bonds is 5. The molecule has 0 bridgehead atoms. The van der Waals surface area contributed by atoms with Crippen LogP contribution in [0.3, 0.4) is 0 Å². The highest BCUT2D eigenvalue weighted by atomic mass is 16.2. The van der Waals surface area contributed by atoms with Gasteiger partial charge in [0.05, 0.1) is 0 Å². The number of aromatic amines is 1. The number of amides is 2. The van der Waals surface area contributed by atoms with Gasteiger partial charge in [-0.25, -0.2) is 0 Å². The van der Waals surface area contributed by atoms with Crippen molar-refractivity contribution < 1.29 is 9.59 Å². The van der Waals surface area contributed by atoms with Crippen LogP contribution in [0, 0.1) is 25.2 Å². The molecule has 2 aromatic rings. The number of H-pyrrole nitrogens is 1. The maximum Gasteiger partial charge on any atom is 0.266 e. The largest absolute Gasteiger partial charge is 0.326 e. The van der Waals surface area contributed by atoms with Crippen LogP contribution >= 0.6 is 0 Å². The molecule has 26 heavy (non-hydrogen) atoms. The summed E-state index contributed by atoms with van der Waals surface area (Å²) in [5.74, 6) is -0.342. The van der Waals surface area contributed by atoms with E-state index in [2.05, 4.69) is 15.6 Å². The molecule has 0 saturated carbocycles. The van der Waals surface area contributed by atoms with E-state index in [4.69, 9.17) is 5.26 Å². The van der Waals surface area contributed by atoms with Crippen molar-refractivity contribution in [3.8, 4) is 6.07 Å². The van der Waals surface area contributed by atoms with Crippen molar-refractivity contribution in [1.29, 1.82) is 5.26 Å². The van der Waals surface area contributed by atoms with Crippen molar-refractivity contribution in [3.05, 3.63) is 57.0 Å². The zero-order chi connectivity index (χ0) is 19.3. The van der Waals surface area contributed by atoms with E-state index < -0.39 is 5.56 Å². The summed E-state index contributed by atoms with van der Waals surface area (Å²) < 4.78 is 0. The lowest BCUT2D eigenvalue weighted by Gasteiger charge is -2.11. The molecule has 0 aliphatic heterocycles. The highest BCUT2D eigenvalue weighted by molar-refractivity contribution is 5.92. The zero-order valence-electron chi connectivity index (χ0n) is 14.9. The van der Waals surface area contributed by atoms with Crippen LogP contribution in [-0.4, -0.2) is 16.8 Å². The summed E-state index contributed by atoms with van der Waals surface area (Å²) in [6, 6.07) is 8.71. The topological polar surface area (TPSA) is 115 Å². The number of hydrogen-bond acceptors (Lipinski definition) is 4. The van der Waals surface area contributed by atoms with Gasteiger partial charge in [0.2, 0.25) is 11.8 Å². The molecule has 0 fully saturated rings. The molecule has 134 valence electrons. The highest BCUT2D eigenvalue weighted by Gasteiger charge is 2.13. The lowest BCUT2D eigenvalue weighted by atomic mass is 9.99. The average Bonchev–Trinajstić information content (AvgIpc) is 2.56. The number of nitriles is 1. The van der Waals surface area contributed by atoms with Crippen LogP contribution in [0.2, 0.25) is 0 Å². The Bertz CT molecular complexity index is 937. The van der Waals surface area contributed by atoms with Gasteiger partial charge in [0.1, 0.15) is 11.6 Å². The monoisotopic (exact) mass is 352 g/mol. The average molecular weight is 352 g/mol. The maximum atomic E-state index is 12.2. The van der Waals surface area contributed by atoms with Gasteiger partial charge in [0, 0.05) is 30.4 Å². The van der Waals surface area contributed by atoms with Crippen molar-refractivity contribution in [2.75, 3.05) is 10.6 Å². The Kier molecular flexibility index (Phi) is 5.91. The fourth-order valence-corrected chi connectivity index (χ4v) is 2.72. The van der Waals surface area contributed by atoms with E-state index in [1.54, 1.807) is 38.1 Å². The fourth-order valence-electron chi connectivity index (χ4n) is 2.72. The molecule has 1 heterocycles. The normalized spacial score (nSPS) is 10.1. The van der Waals surface area contributed by atoms with Crippen molar-refractivity contribution >= 4 is 23.2 Å². The first-order valence-electron chi connectivity index (χ1n) is 8.11. The van der Waals surface area contributed by atoms with Gasteiger partial charge in [-0.15, -0.1) is 0 Å². The number of benzene rings is 1. The molecule has 2 amide bonds. The van der Waals surface area contributed by atoms with E-state index in [1.165, 1.54) is 6.92 Å². The van der Waals surface area contributed by atoms with Crippen LogP contribution < -0.4 is 16.2 Å². The molecule has 0 aliphatic carbocycles. The first-order chi connectivity index (χ1) is 12.3. The summed E-state index contributed by atoms with van der Waals surface area (Å²) in [5, 5.41) is 14.5. The van der Waals surface area contributed by atoms with E-state index in [-0.39, 0.29) is 23.8 Å². The molecule has 0 atom stereocenters. The number of pyridine rings is 1. The number of hydrogen-bond donors (Lipinski definition) is 3. The number of nitrogens with one attached hydrogen (secondary N) is 3. The summed E-state index contributed by atoms with van der Waals surface area (Å²) in [6.07, 6.45) is 0.630. The summed E-state index contributed by atoms with van der Waals surface area (Å²) >= 11 is 0. The summed E-state index contributed by atoms with van der Waals surface area (Å²) in [4.78, 5) is 37.6. The number of carbonyl (C=O) groups excluding carboxylic acids is 2. The molecule has 0 saturated heterocycles. The third-order valence-corrected chi connectivity index (χ3v) is 4.01. The maximum absolute atomic E-state index is 12.2. The van der Waals surface area contributed by atoms with Crippen LogP contribution in [0.5, 0.6) is 0 Å². The third kappa shape index (κ3) is 4.57. The van der Waals surface area contributed by atoms with Crippen molar-refractivity contribution in [3.63, 3.8) is 0 Å². The number of aromatic nitrogens is 1. The number of aryl methyl sites for hydroxylation is 1. The van der Waals surface area contributed by atoms with Crippen LogP contribution in [0.4, 0.5) is 11.4 Å². The molecule has 7 nitrogen and oxygen atoms in total. The predicted molar refractivity (Wildman–Crippen MR) is 98.9 cm³/mol. The number of anilines is 2. The second kappa shape index (κ2) is 8.12. The van der Waals surface area contributed by atoms with Crippen molar-refractivity contribution in [2.45, 2.75) is 33.6 Å². The van der Waals surface area contributed by atoms with Crippen LogP contribution in [0.1, 0.15) is 35.7 Å². The molecule has 7 heteroatoms. The van der Waals surface area contributed by atoms with E-state index in [0.717, 1.165) is 5.56 Å². The van der Waals surface area contributed by atoms with Gasteiger partial charge in [-0.1, -0.05) is 0 Å². The molecule has 0 spiro atoms. The Morgan fingerprint density at radius 2 is 1.69 bits per heavy atom. The van der Waals surface area contributed by atoms with Gasteiger partial charge in [-0.3, -0.25) is 14.4 Å². The van der Waals surface area contributed by atoms with Crippen molar-refractivity contribution in [1.82, 2.24) is 4.98 Å². The third-order valence-electron chi connectivity index (χ3n) is 4.01. The van der Waals surface area contributed by atoms with Gasteiger partial charge >= 0.3 is 0 Å². The van der Waals surface area contributed by atoms with E-state index in [1.807, 2.05) is 6.07 Å². The van der Waals surface area contributed by atoms with Gasteiger partial charge in [-0.05, 0) is 55.7 Å². The Labute approximate surface area is 151 Å². The van der Waals surface area contributed by atoms with Gasteiger partial charge in [0.15, 0.2) is 0 Å². The lowest BCUT2D eigenvalue weighted by Crippen LogP contribution is -2.18. The molecule has 1 aromatic heterocycles. The minimum absolute atomic E-state index is 0.0829. The zero-order valence-corrected chi connectivity index (χ0v) is 14.9. The summed E-state index contributed by atoms with van der Waals surface area (Å²) in [7, 11) is 0. The van der Waals surface area contributed by atoms with Crippen LogP contribution in [0.15, 0.2) is 29.1 Å². The highest BCUT2D eigenvalue weighted by Crippen LogP contribution is 2.17. The SMILES string of the molecule is CC(=O)Nc1ccc(NC(=O)CCc2c(C)[nH]c(=O)c(C#N)c2C)cc1. The summed E-state index contributed by atoms with van der Waals surface area (Å²) in [6.45, 7) is 4.90. The Morgan fingerprint density at radius 3 is 2.23 bits per heavy atom. The lowest BCUT2D eigenvalue weighted by molar-refractivity contribution is -0.116. The van der Waals surface area contributed by atoms with Crippen molar-refractivity contribution in [2.24, 2.45) is 0 Å².